The van der Waals surface area contributed by atoms with Gasteiger partial charge in [-0.2, -0.15) is 0 Å². The summed E-state index contributed by atoms with van der Waals surface area (Å²) in [5, 5.41) is 0.777. The van der Waals surface area contributed by atoms with E-state index in [2.05, 4.69) is 4.98 Å². The average Bonchev–Trinajstić information content (AvgIpc) is 3.38. The zero-order valence-electron chi connectivity index (χ0n) is 17.0. The van der Waals surface area contributed by atoms with Gasteiger partial charge >= 0.3 is 0 Å². The van der Waals surface area contributed by atoms with Crippen molar-refractivity contribution in [3.8, 4) is 0 Å². The summed E-state index contributed by atoms with van der Waals surface area (Å²) < 4.78 is 6.20. The third-order valence-corrected chi connectivity index (χ3v) is 8.13. The van der Waals surface area contributed by atoms with Crippen molar-refractivity contribution in [2.75, 3.05) is 37.7 Å². The fraction of sp³-hybridized carbons (Fsp3) is 0.650. The van der Waals surface area contributed by atoms with Crippen LogP contribution in [-0.4, -0.2) is 79.8 Å². The van der Waals surface area contributed by atoms with Crippen molar-refractivity contribution in [2.45, 2.75) is 49.8 Å². The second-order valence-electron chi connectivity index (χ2n) is 7.88. The summed E-state index contributed by atoms with van der Waals surface area (Å²) in [7, 11) is 0. The van der Waals surface area contributed by atoms with Crippen LogP contribution in [0.1, 0.15) is 42.9 Å². The van der Waals surface area contributed by atoms with Gasteiger partial charge in [-0.15, -0.1) is 0 Å². The first-order valence-corrected chi connectivity index (χ1v) is 12.7. The van der Waals surface area contributed by atoms with Gasteiger partial charge in [0, 0.05) is 37.6 Å². The fourth-order valence-corrected chi connectivity index (χ4v) is 6.02. The number of hydrogen-bond donors (Lipinski definition) is 0. The molecule has 0 aromatic carbocycles. The minimum Gasteiger partial charge on any atom is -0.377 e. The summed E-state index contributed by atoms with van der Waals surface area (Å²) in [6.07, 6.45) is 6.33. The quantitative estimate of drug-likeness (QED) is 0.360. The molecule has 0 saturated carbocycles. The van der Waals surface area contributed by atoms with Crippen LogP contribution < -0.4 is 0 Å². The van der Waals surface area contributed by atoms with Gasteiger partial charge in [0.05, 0.1) is 17.6 Å². The number of hydrogen-bond acceptors (Lipinski definition) is 8. The van der Waals surface area contributed by atoms with Gasteiger partial charge in [0.15, 0.2) is 5.16 Å². The average molecular weight is 467 g/mol. The van der Waals surface area contributed by atoms with E-state index >= 15 is 0 Å². The van der Waals surface area contributed by atoms with E-state index in [1.54, 1.807) is 11.8 Å². The van der Waals surface area contributed by atoms with Crippen LogP contribution in [-0.2, 0) is 14.3 Å². The highest BCUT2D eigenvalue weighted by atomic mass is 32.2. The summed E-state index contributed by atoms with van der Waals surface area (Å²) in [6, 6.07) is 0. The Balaban J connectivity index is 1.39. The zero-order valence-corrected chi connectivity index (χ0v) is 19.5. The lowest BCUT2D eigenvalue weighted by Crippen LogP contribution is -2.46. The van der Waals surface area contributed by atoms with E-state index in [9.17, 15) is 9.59 Å². The molecule has 1 aromatic heterocycles. The number of piperidine rings is 1. The van der Waals surface area contributed by atoms with E-state index < -0.39 is 0 Å². The molecule has 0 aliphatic carbocycles. The standard InChI is InChI=1S/C20H26N4O3S3/c1-13-8-21-19(29-11-15-5-3-7-27-15)22-18(13)14-4-2-6-23(9-14)16(25)10-24-17(26)12-30-20(24)28/h8,14-15H,2-7,9-12H2,1H3/t14-,15+/m0/s1. The molecule has 2 amide bonds. The number of ether oxygens (including phenoxy) is 1. The summed E-state index contributed by atoms with van der Waals surface area (Å²) in [5.74, 6) is 1.27. The number of thioether (sulfide) groups is 2. The monoisotopic (exact) mass is 466 g/mol. The molecule has 3 fully saturated rings. The molecule has 162 valence electrons. The molecule has 7 nitrogen and oxygen atoms in total. The molecule has 1 aromatic rings. The third kappa shape index (κ3) is 5.15. The second-order valence-corrected chi connectivity index (χ2v) is 10.5. The van der Waals surface area contributed by atoms with Crippen LogP contribution in [0, 0.1) is 6.92 Å². The fourth-order valence-electron chi connectivity index (χ4n) is 4.06. The van der Waals surface area contributed by atoms with Crippen molar-refractivity contribution in [3.05, 3.63) is 17.5 Å². The first-order chi connectivity index (χ1) is 14.5. The Labute approximate surface area is 190 Å². The predicted molar refractivity (Wildman–Crippen MR) is 122 cm³/mol. The summed E-state index contributed by atoms with van der Waals surface area (Å²) in [5.41, 5.74) is 2.09. The SMILES string of the molecule is Cc1cnc(SC[C@H]2CCCO2)nc1[C@H]1CCCN(C(=O)CN2C(=O)CSC2=S)C1. The van der Waals surface area contributed by atoms with Crippen molar-refractivity contribution in [3.63, 3.8) is 0 Å². The number of carbonyl (C=O) groups excluding carboxylic acids is 2. The molecule has 4 heterocycles. The molecule has 10 heteroatoms. The number of rotatable bonds is 6. The summed E-state index contributed by atoms with van der Waals surface area (Å²) >= 11 is 8.17. The van der Waals surface area contributed by atoms with Crippen LogP contribution in [0.3, 0.4) is 0 Å². The van der Waals surface area contributed by atoms with Crippen molar-refractivity contribution < 1.29 is 14.3 Å². The molecule has 0 N–H and O–H groups in total. The molecule has 30 heavy (non-hydrogen) atoms. The first-order valence-electron chi connectivity index (χ1n) is 10.3. The van der Waals surface area contributed by atoms with E-state index in [-0.39, 0.29) is 24.3 Å². The Morgan fingerprint density at radius 3 is 3.00 bits per heavy atom. The number of nitrogens with zero attached hydrogens (tertiary/aromatic N) is 4. The van der Waals surface area contributed by atoms with Crippen LogP contribution in [0.4, 0.5) is 0 Å². The molecule has 2 atom stereocenters. The summed E-state index contributed by atoms with van der Waals surface area (Å²) in [4.78, 5) is 37.4. The Morgan fingerprint density at radius 1 is 1.40 bits per heavy atom. The zero-order chi connectivity index (χ0) is 21.1. The topological polar surface area (TPSA) is 75.6 Å². The lowest BCUT2D eigenvalue weighted by molar-refractivity contribution is -0.136. The minimum atomic E-state index is -0.0773. The molecular formula is C20H26N4O3S3. The molecule has 0 bridgehead atoms. The lowest BCUT2D eigenvalue weighted by Gasteiger charge is -2.34. The molecule has 4 rings (SSSR count). The van der Waals surface area contributed by atoms with E-state index in [0.29, 0.717) is 29.3 Å². The number of likely N-dealkylation sites (tertiary alicyclic amines) is 1. The van der Waals surface area contributed by atoms with Gasteiger partial charge in [0.2, 0.25) is 11.8 Å². The van der Waals surface area contributed by atoms with Gasteiger partial charge in [-0.25, -0.2) is 9.97 Å². The summed E-state index contributed by atoms with van der Waals surface area (Å²) in [6.45, 7) is 4.26. The highest BCUT2D eigenvalue weighted by Gasteiger charge is 2.32. The number of aromatic nitrogens is 2. The Hall–Kier alpha value is -1.23. The highest BCUT2D eigenvalue weighted by molar-refractivity contribution is 8.23. The Bertz CT molecular complexity index is 816. The Kier molecular flexibility index (Phi) is 7.28. The third-order valence-electron chi connectivity index (χ3n) is 5.71. The van der Waals surface area contributed by atoms with Crippen LogP contribution in [0.2, 0.25) is 0 Å². The lowest BCUT2D eigenvalue weighted by atomic mass is 9.92. The first kappa shape index (κ1) is 22.0. The van der Waals surface area contributed by atoms with Crippen molar-refractivity contribution in [1.29, 1.82) is 0 Å². The largest absolute Gasteiger partial charge is 0.377 e. The maximum absolute atomic E-state index is 12.8. The van der Waals surface area contributed by atoms with Crippen molar-refractivity contribution in [1.82, 2.24) is 19.8 Å². The van der Waals surface area contributed by atoms with Gasteiger partial charge in [-0.1, -0.05) is 35.7 Å². The van der Waals surface area contributed by atoms with Crippen LogP contribution >= 0.6 is 35.7 Å². The molecule has 0 unspecified atom stereocenters. The maximum atomic E-state index is 12.8. The normalized spacial score (nSPS) is 24.7. The van der Waals surface area contributed by atoms with Gasteiger partial charge in [-0.3, -0.25) is 14.5 Å². The molecular weight excluding hydrogens is 440 g/mol. The molecule has 0 spiro atoms. The molecule has 3 saturated heterocycles. The van der Waals surface area contributed by atoms with E-state index in [1.807, 2.05) is 18.0 Å². The number of aryl methyl sites for hydroxylation is 1. The molecule has 3 aliphatic heterocycles. The van der Waals surface area contributed by atoms with Gasteiger partial charge < -0.3 is 9.64 Å². The predicted octanol–water partition coefficient (Wildman–Crippen LogP) is 2.62. The number of thiocarbonyl (C=S) groups is 1. The minimum absolute atomic E-state index is 0.0439. The van der Waals surface area contributed by atoms with Crippen molar-refractivity contribution >= 4 is 51.9 Å². The Morgan fingerprint density at radius 2 is 2.27 bits per heavy atom. The van der Waals surface area contributed by atoms with Gasteiger partial charge in [-0.05, 0) is 38.2 Å². The maximum Gasteiger partial charge on any atom is 0.242 e. The van der Waals surface area contributed by atoms with E-state index in [0.717, 1.165) is 54.5 Å². The smallest absolute Gasteiger partial charge is 0.242 e. The van der Waals surface area contributed by atoms with Crippen LogP contribution in [0.5, 0.6) is 0 Å². The molecule has 3 aliphatic rings. The number of carbonyl (C=O) groups is 2. The number of amides is 2. The van der Waals surface area contributed by atoms with Gasteiger partial charge in [0.25, 0.3) is 0 Å². The van der Waals surface area contributed by atoms with Gasteiger partial charge in [0.1, 0.15) is 10.9 Å². The van der Waals surface area contributed by atoms with E-state index in [1.165, 1.54) is 16.7 Å². The van der Waals surface area contributed by atoms with Crippen molar-refractivity contribution in [2.24, 2.45) is 0 Å². The van der Waals surface area contributed by atoms with Crippen LogP contribution in [0.25, 0.3) is 0 Å². The van der Waals surface area contributed by atoms with Crippen LogP contribution in [0.15, 0.2) is 11.4 Å². The molecule has 0 radical (unpaired) electrons. The second kappa shape index (κ2) is 9.93. The van der Waals surface area contributed by atoms with E-state index in [4.69, 9.17) is 21.9 Å². The highest BCUT2D eigenvalue weighted by Crippen LogP contribution is 2.30.